The van der Waals surface area contributed by atoms with Crippen molar-refractivity contribution in [3.05, 3.63) is 29.8 Å². The minimum Gasteiger partial charge on any atom is -0.480 e. The lowest BCUT2D eigenvalue weighted by Crippen LogP contribution is -2.58. The first-order valence-corrected chi connectivity index (χ1v) is 12.1. The molecule has 206 valence electrons. The van der Waals surface area contributed by atoms with Crippen LogP contribution in [-0.4, -0.2) is 136 Å². The molecule has 0 bridgehead atoms. The van der Waals surface area contributed by atoms with Gasteiger partial charge in [0.05, 0.1) is 31.7 Å². The van der Waals surface area contributed by atoms with Gasteiger partial charge in [-0.3, -0.25) is 38.8 Å². The SMILES string of the molecule is CCC1(c2ccc(N)cc2)CN(CC(=O)O)CCN(CC(=O)O)CCN(CC(=O)O)CCN1CC(=O)O. The zero-order valence-electron chi connectivity index (χ0n) is 21.1. The molecule has 1 aliphatic heterocycles. The van der Waals surface area contributed by atoms with Gasteiger partial charge in [-0.15, -0.1) is 0 Å². The molecule has 0 amide bonds. The van der Waals surface area contributed by atoms with Gasteiger partial charge in [-0.2, -0.15) is 0 Å². The lowest BCUT2D eigenvalue weighted by Gasteiger charge is -2.47. The number of nitrogens with two attached hydrogens (primary N) is 1. The summed E-state index contributed by atoms with van der Waals surface area (Å²) < 4.78 is 0. The highest BCUT2D eigenvalue weighted by Gasteiger charge is 2.40. The highest BCUT2D eigenvalue weighted by molar-refractivity contribution is 5.70. The molecule has 37 heavy (non-hydrogen) atoms. The number of hydrogen-bond donors (Lipinski definition) is 5. The van der Waals surface area contributed by atoms with Crippen LogP contribution in [0.15, 0.2) is 24.3 Å². The molecule has 1 atom stereocenters. The van der Waals surface area contributed by atoms with Gasteiger partial charge in [-0.25, -0.2) is 0 Å². The third-order valence-electron chi connectivity index (χ3n) is 6.68. The summed E-state index contributed by atoms with van der Waals surface area (Å²) in [6.45, 7) is 2.21. The Morgan fingerprint density at radius 2 is 1.11 bits per heavy atom. The Morgan fingerprint density at radius 1 is 0.703 bits per heavy atom. The number of carboxylic acid groups (broad SMARTS) is 4. The van der Waals surface area contributed by atoms with Gasteiger partial charge < -0.3 is 26.2 Å². The number of carbonyl (C=O) groups is 4. The molecule has 1 aromatic rings. The van der Waals surface area contributed by atoms with Crippen LogP contribution in [0.25, 0.3) is 0 Å². The maximum absolute atomic E-state index is 12.0. The Morgan fingerprint density at radius 3 is 1.54 bits per heavy atom. The van der Waals surface area contributed by atoms with Gasteiger partial charge >= 0.3 is 23.9 Å². The van der Waals surface area contributed by atoms with E-state index in [4.69, 9.17) is 5.73 Å². The predicted molar refractivity (Wildman–Crippen MR) is 134 cm³/mol. The van der Waals surface area contributed by atoms with Crippen molar-refractivity contribution in [3.8, 4) is 0 Å². The van der Waals surface area contributed by atoms with Crippen LogP contribution in [-0.2, 0) is 24.7 Å². The molecule has 0 radical (unpaired) electrons. The molecule has 13 heteroatoms. The van der Waals surface area contributed by atoms with Gasteiger partial charge in [0.25, 0.3) is 0 Å². The van der Waals surface area contributed by atoms with Crippen molar-refractivity contribution in [2.45, 2.75) is 18.9 Å². The second kappa shape index (κ2) is 13.9. The van der Waals surface area contributed by atoms with E-state index in [1.165, 1.54) is 0 Å². The van der Waals surface area contributed by atoms with E-state index < -0.39 is 29.4 Å². The van der Waals surface area contributed by atoms with Crippen LogP contribution in [0.3, 0.4) is 0 Å². The first-order chi connectivity index (χ1) is 17.4. The number of carboxylic acids is 4. The molecule has 0 aliphatic carbocycles. The zero-order chi connectivity index (χ0) is 27.6. The summed E-state index contributed by atoms with van der Waals surface area (Å²) in [5.41, 5.74) is 6.23. The molecule has 1 aromatic carbocycles. The first kappa shape index (κ1) is 30.0. The summed E-state index contributed by atoms with van der Waals surface area (Å²) in [6.07, 6.45) is 0.429. The van der Waals surface area contributed by atoms with Gasteiger partial charge in [-0.05, 0) is 24.1 Å². The van der Waals surface area contributed by atoms with Crippen molar-refractivity contribution in [2.75, 3.05) is 77.7 Å². The van der Waals surface area contributed by atoms with Crippen molar-refractivity contribution in [1.82, 2.24) is 19.6 Å². The van der Waals surface area contributed by atoms with Crippen LogP contribution in [0.5, 0.6) is 0 Å². The summed E-state index contributed by atoms with van der Waals surface area (Å²) in [4.78, 5) is 53.4. The molecule has 1 aliphatic rings. The Kier molecular flexibility index (Phi) is 11.2. The zero-order valence-corrected chi connectivity index (χ0v) is 21.1. The maximum Gasteiger partial charge on any atom is 0.317 e. The Labute approximate surface area is 215 Å². The number of anilines is 1. The molecule has 0 spiro atoms. The summed E-state index contributed by atoms with van der Waals surface area (Å²) in [6, 6.07) is 7.00. The van der Waals surface area contributed by atoms with E-state index in [-0.39, 0.29) is 72.0 Å². The van der Waals surface area contributed by atoms with Gasteiger partial charge in [-0.1, -0.05) is 19.1 Å². The number of rotatable bonds is 10. The fourth-order valence-corrected chi connectivity index (χ4v) is 4.84. The van der Waals surface area contributed by atoms with E-state index in [1.54, 1.807) is 43.9 Å². The van der Waals surface area contributed by atoms with Crippen molar-refractivity contribution in [3.63, 3.8) is 0 Å². The lowest BCUT2D eigenvalue weighted by molar-refractivity contribution is -0.144. The van der Waals surface area contributed by atoms with Crippen LogP contribution in [0, 0.1) is 0 Å². The van der Waals surface area contributed by atoms with Crippen LogP contribution in [0.4, 0.5) is 5.69 Å². The molecule has 6 N–H and O–H groups in total. The van der Waals surface area contributed by atoms with E-state index in [2.05, 4.69) is 0 Å². The monoisotopic (exact) mass is 523 g/mol. The van der Waals surface area contributed by atoms with Gasteiger partial charge in [0.2, 0.25) is 0 Å². The molecule has 1 saturated heterocycles. The van der Waals surface area contributed by atoms with E-state index in [1.807, 2.05) is 6.92 Å². The minimum absolute atomic E-state index is 0.160. The third kappa shape index (κ3) is 9.28. The second-order valence-corrected chi connectivity index (χ2v) is 9.27. The number of hydrogen-bond acceptors (Lipinski definition) is 9. The molecule has 2 rings (SSSR count). The number of benzene rings is 1. The predicted octanol–water partition coefficient (Wildman–Crippen LogP) is -0.566. The van der Waals surface area contributed by atoms with Gasteiger partial charge in [0.15, 0.2) is 0 Å². The number of nitrogen functional groups attached to an aromatic ring is 1. The van der Waals surface area contributed by atoms with Gasteiger partial charge in [0, 0.05) is 51.5 Å². The van der Waals surface area contributed by atoms with Crippen LogP contribution >= 0.6 is 0 Å². The average Bonchev–Trinajstić information content (AvgIpc) is 2.80. The third-order valence-corrected chi connectivity index (χ3v) is 6.68. The molecular weight excluding hydrogens is 486 g/mol. The summed E-state index contributed by atoms with van der Waals surface area (Å²) in [5.74, 6) is -4.21. The lowest BCUT2D eigenvalue weighted by atomic mass is 9.84. The normalized spacial score (nSPS) is 21.5. The molecule has 1 heterocycles. The first-order valence-electron chi connectivity index (χ1n) is 12.1. The van der Waals surface area contributed by atoms with Crippen LogP contribution in [0.1, 0.15) is 18.9 Å². The van der Waals surface area contributed by atoms with Crippen LogP contribution in [0.2, 0.25) is 0 Å². The quantitative estimate of drug-likeness (QED) is 0.246. The smallest absolute Gasteiger partial charge is 0.317 e. The highest BCUT2D eigenvalue weighted by Crippen LogP contribution is 2.34. The Bertz CT molecular complexity index is 944. The molecule has 13 nitrogen and oxygen atoms in total. The number of nitrogens with zero attached hydrogens (tertiary/aromatic N) is 4. The van der Waals surface area contributed by atoms with Gasteiger partial charge in [0.1, 0.15) is 0 Å². The van der Waals surface area contributed by atoms with Crippen molar-refractivity contribution in [1.29, 1.82) is 0 Å². The van der Waals surface area contributed by atoms with E-state index in [0.717, 1.165) is 5.56 Å². The molecule has 1 fully saturated rings. The Balaban J connectivity index is 2.59. The van der Waals surface area contributed by atoms with Crippen molar-refractivity contribution in [2.24, 2.45) is 0 Å². The molecule has 0 saturated carbocycles. The van der Waals surface area contributed by atoms with E-state index in [9.17, 15) is 39.6 Å². The minimum atomic E-state index is -1.07. The van der Waals surface area contributed by atoms with E-state index >= 15 is 0 Å². The standard InChI is InChI=1S/C24H37N5O8/c1-2-24(18-3-5-19(25)6-4-18)17-28(15-22(34)35)10-9-26(13-20(30)31)7-8-27(14-21(32)33)11-12-29(24)16-23(36)37/h3-6H,2,7-17,25H2,1H3,(H,30,31)(H,32,33)(H,34,35)(H,36,37). The van der Waals surface area contributed by atoms with E-state index in [0.29, 0.717) is 12.1 Å². The van der Waals surface area contributed by atoms with Crippen molar-refractivity contribution >= 4 is 29.6 Å². The number of aliphatic carboxylic acids is 4. The molecule has 0 aromatic heterocycles. The molecular formula is C24H37N5O8. The van der Waals surface area contributed by atoms with Crippen LogP contribution < -0.4 is 5.73 Å². The highest BCUT2D eigenvalue weighted by atomic mass is 16.4. The summed E-state index contributed by atoms with van der Waals surface area (Å²) in [7, 11) is 0. The second-order valence-electron chi connectivity index (χ2n) is 9.27. The fourth-order valence-electron chi connectivity index (χ4n) is 4.84. The fraction of sp³-hybridized carbons (Fsp3) is 0.583. The Hall–Kier alpha value is -3.26. The average molecular weight is 524 g/mol. The maximum atomic E-state index is 12.0. The topological polar surface area (TPSA) is 188 Å². The summed E-state index contributed by atoms with van der Waals surface area (Å²) in [5, 5.41) is 38.2. The molecule has 1 unspecified atom stereocenters. The summed E-state index contributed by atoms with van der Waals surface area (Å²) >= 11 is 0. The largest absolute Gasteiger partial charge is 0.480 e. The van der Waals surface area contributed by atoms with Crippen molar-refractivity contribution < 1.29 is 39.6 Å².